The molecule has 1 aromatic heterocycles. The van der Waals surface area contributed by atoms with Gasteiger partial charge in [0.25, 0.3) is 5.91 Å². The molecule has 0 radical (unpaired) electrons. The first kappa shape index (κ1) is 14.1. The molecule has 1 heterocycles. The topological polar surface area (TPSA) is 85.0 Å². The summed E-state index contributed by atoms with van der Waals surface area (Å²) in [6, 6.07) is 5.35. The smallest absolute Gasteiger partial charge is 0.256 e. The number of carbonyl (C=O) groups excluding carboxylic acids is 1. The maximum absolute atomic E-state index is 12.3. The van der Waals surface area contributed by atoms with Crippen LogP contribution in [0.1, 0.15) is 28.5 Å². The fraction of sp³-hybridized carbons (Fsp3) is 0.286. The molecule has 1 amide bonds. The summed E-state index contributed by atoms with van der Waals surface area (Å²) in [4.78, 5) is 12.3. The number of nitrogens with zero attached hydrogens (tertiary/aromatic N) is 2. The van der Waals surface area contributed by atoms with Crippen LogP contribution in [0.3, 0.4) is 0 Å². The Labute approximate surface area is 117 Å². The van der Waals surface area contributed by atoms with Gasteiger partial charge in [-0.3, -0.25) is 15.3 Å². The third-order valence-corrected chi connectivity index (χ3v) is 3.13. The Balaban J connectivity index is 2.23. The summed E-state index contributed by atoms with van der Waals surface area (Å²) in [7, 11) is 1.84. The number of rotatable bonds is 4. The Kier molecular flexibility index (Phi) is 4.05. The largest absolute Gasteiger partial charge is 0.324 e. The molecule has 1 aromatic carbocycles. The van der Waals surface area contributed by atoms with E-state index in [4.69, 9.17) is 5.84 Å². The van der Waals surface area contributed by atoms with E-state index in [-0.39, 0.29) is 5.91 Å². The minimum atomic E-state index is -0.145. The summed E-state index contributed by atoms with van der Waals surface area (Å²) in [6.45, 7) is 3.88. The van der Waals surface area contributed by atoms with Gasteiger partial charge >= 0.3 is 0 Å². The van der Waals surface area contributed by atoms with Crippen molar-refractivity contribution in [1.29, 1.82) is 0 Å². The molecule has 0 saturated carbocycles. The molecule has 2 aromatic rings. The molecule has 2 rings (SSSR count). The highest BCUT2D eigenvalue weighted by Gasteiger charge is 2.13. The Morgan fingerprint density at radius 2 is 2.20 bits per heavy atom. The molecule has 6 heteroatoms. The van der Waals surface area contributed by atoms with Crippen molar-refractivity contribution in [2.24, 2.45) is 12.9 Å². The van der Waals surface area contributed by atoms with E-state index in [0.29, 0.717) is 5.56 Å². The van der Waals surface area contributed by atoms with E-state index in [1.54, 1.807) is 16.8 Å². The molecule has 6 nitrogen and oxygen atoms in total. The van der Waals surface area contributed by atoms with Crippen LogP contribution >= 0.6 is 0 Å². The van der Waals surface area contributed by atoms with Crippen LogP contribution in [0.15, 0.2) is 24.4 Å². The molecule has 0 spiro atoms. The molecule has 0 aliphatic rings. The number of hydrogen-bond acceptors (Lipinski definition) is 4. The summed E-state index contributed by atoms with van der Waals surface area (Å²) in [5.74, 6) is 5.20. The zero-order chi connectivity index (χ0) is 14.7. The summed E-state index contributed by atoms with van der Waals surface area (Å²) < 4.78 is 1.70. The summed E-state index contributed by atoms with van der Waals surface area (Å²) in [5.41, 5.74) is 6.44. The first-order valence-electron chi connectivity index (χ1n) is 6.46. The van der Waals surface area contributed by atoms with E-state index < -0.39 is 0 Å². The third kappa shape index (κ3) is 2.80. The third-order valence-electron chi connectivity index (χ3n) is 3.13. The molecule has 0 bridgehead atoms. The lowest BCUT2D eigenvalue weighted by molar-refractivity contribution is 0.102. The van der Waals surface area contributed by atoms with Gasteiger partial charge in [-0.1, -0.05) is 6.92 Å². The number of nitrogen functional groups attached to an aromatic ring is 1. The number of hydrazine groups is 1. The lowest BCUT2D eigenvalue weighted by atomic mass is 10.1. The second kappa shape index (κ2) is 5.75. The molecule has 0 aliphatic carbocycles. The van der Waals surface area contributed by atoms with Crippen LogP contribution in [0, 0.1) is 6.92 Å². The van der Waals surface area contributed by atoms with Gasteiger partial charge in [0.05, 0.1) is 11.4 Å². The van der Waals surface area contributed by atoms with Crippen molar-refractivity contribution in [3.8, 4) is 0 Å². The molecule has 0 unspecified atom stereocenters. The number of amides is 1. The fourth-order valence-corrected chi connectivity index (χ4v) is 2.10. The van der Waals surface area contributed by atoms with Crippen molar-refractivity contribution in [3.05, 3.63) is 41.2 Å². The van der Waals surface area contributed by atoms with Crippen molar-refractivity contribution < 1.29 is 4.79 Å². The van der Waals surface area contributed by atoms with Gasteiger partial charge in [-0.15, -0.1) is 0 Å². The van der Waals surface area contributed by atoms with E-state index in [9.17, 15) is 4.79 Å². The van der Waals surface area contributed by atoms with Crippen molar-refractivity contribution in [3.63, 3.8) is 0 Å². The number of anilines is 2. The average Bonchev–Trinajstić information content (AvgIpc) is 2.78. The molecular formula is C14H19N5O. The number of nitrogens with one attached hydrogen (secondary N) is 2. The van der Waals surface area contributed by atoms with E-state index >= 15 is 0 Å². The molecule has 0 atom stereocenters. The number of benzene rings is 1. The Bertz CT molecular complexity index is 632. The molecule has 106 valence electrons. The molecule has 4 N–H and O–H groups in total. The number of aromatic nitrogens is 2. The zero-order valence-corrected chi connectivity index (χ0v) is 11.9. The van der Waals surface area contributed by atoms with Crippen LogP contribution in [-0.4, -0.2) is 15.7 Å². The predicted octanol–water partition coefficient (Wildman–Crippen LogP) is 1.83. The lowest BCUT2D eigenvalue weighted by Crippen LogP contribution is -2.15. The van der Waals surface area contributed by atoms with Crippen molar-refractivity contribution in [1.82, 2.24) is 9.78 Å². The van der Waals surface area contributed by atoms with Gasteiger partial charge in [-0.2, -0.15) is 5.10 Å². The first-order valence-corrected chi connectivity index (χ1v) is 6.46. The van der Waals surface area contributed by atoms with E-state index in [2.05, 4.69) is 15.8 Å². The van der Waals surface area contributed by atoms with E-state index in [0.717, 1.165) is 29.1 Å². The fourth-order valence-electron chi connectivity index (χ4n) is 2.10. The van der Waals surface area contributed by atoms with E-state index in [1.807, 2.05) is 33.2 Å². The van der Waals surface area contributed by atoms with Gasteiger partial charge in [-0.05, 0) is 37.1 Å². The minimum Gasteiger partial charge on any atom is -0.324 e. The number of aryl methyl sites for hydroxylation is 3. The molecule has 0 aliphatic heterocycles. The van der Waals surface area contributed by atoms with Crippen molar-refractivity contribution in [2.75, 3.05) is 10.7 Å². The molecular weight excluding hydrogens is 254 g/mol. The number of hydrogen-bond donors (Lipinski definition) is 3. The van der Waals surface area contributed by atoms with Crippen LogP contribution < -0.4 is 16.6 Å². The van der Waals surface area contributed by atoms with Crippen LogP contribution in [-0.2, 0) is 13.5 Å². The normalized spacial score (nSPS) is 10.4. The van der Waals surface area contributed by atoms with Gasteiger partial charge < -0.3 is 10.7 Å². The van der Waals surface area contributed by atoms with Gasteiger partial charge in [0, 0.05) is 24.5 Å². The standard InChI is InChI=1S/C14H19N5O/c1-4-12-13(8-19(3)18-12)16-14(20)11-6-5-10(17-15)7-9(11)2/h5-8,17H,4,15H2,1-3H3,(H,16,20). The van der Waals surface area contributed by atoms with Gasteiger partial charge in [0.1, 0.15) is 0 Å². The van der Waals surface area contributed by atoms with Gasteiger partial charge in [0.15, 0.2) is 0 Å². The summed E-state index contributed by atoms with van der Waals surface area (Å²) in [6.07, 6.45) is 2.58. The lowest BCUT2D eigenvalue weighted by Gasteiger charge is -2.09. The Morgan fingerprint density at radius 3 is 2.80 bits per heavy atom. The van der Waals surface area contributed by atoms with Crippen LogP contribution in [0.2, 0.25) is 0 Å². The van der Waals surface area contributed by atoms with Gasteiger partial charge in [0.2, 0.25) is 0 Å². The van der Waals surface area contributed by atoms with Crippen molar-refractivity contribution in [2.45, 2.75) is 20.3 Å². The molecule has 0 saturated heterocycles. The van der Waals surface area contributed by atoms with Crippen LogP contribution in [0.4, 0.5) is 11.4 Å². The maximum Gasteiger partial charge on any atom is 0.256 e. The Hall–Kier alpha value is -2.34. The molecule has 0 fully saturated rings. The highest BCUT2D eigenvalue weighted by Crippen LogP contribution is 2.18. The average molecular weight is 273 g/mol. The quantitative estimate of drug-likeness (QED) is 0.586. The summed E-state index contributed by atoms with van der Waals surface area (Å²) in [5, 5.41) is 7.20. The maximum atomic E-state index is 12.3. The highest BCUT2D eigenvalue weighted by atomic mass is 16.1. The first-order chi connectivity index (χ1) is 9.55. The minimum absolute atomic E-state index is 0.145. The zero-order valence-electron chi connectivity index (χ0n) is 11.9. The van der Waals surface area contributed by atoms with Gasteiger partial charge in [-0.25, -0.2) is 0 Å². The number of nitrogens with two attached hydrogens (primary N) is 1. The van der Waals surface area contributed by atoms with Crippen LogP contribution in [0.25, 0.3) is 0 Å². The van der Waals surface area contributed by atoms with E-state index in [1.165, 1.54) is 0 Å². The highest BCUT2D eigenvalue weighted by molar-refractivity contribution is 6.05. The Morgan fingerprint density at radius 1 is 1.45 bits per heavy atom. The second-order valence-electron chi connectivity index (χ2n) is 4.64. The predicted molar refractivity (Wildman–Crippen MR) is 79.5 cm³/mol. The van der Waals surface area contributed by atoms with Crippen LogP contribution in [0.5, 0.6) is 0 Å². The second-order valence-corrected chi connectivity index (χ2v) is 4.64. The molecule has 20 heavy (non-hydrogen) atoms. The SMILES string of the molecule is CCc1nn(C)cc1NC(=O)c1ccc(NN)cc1C. The monoisotopic (exact) mass is 273 g/mol. The van der Waals surface area contributed by atoms with Crippen molar-refractivity contribution >= 4 is 17.3 Å². The number of carbonyl (C=O) groups is 1. The summed E-state index contributed by atoms with van der Waals surface area (Å²) >= 11 is 0.